The summed E-state index contributed by atoms with van der Waals surface area (Å²) in [6, 6.07) is 129. The van der Waals surface area contributed by atoms with Crippen LogP contribution < -0.4 is 0 Å². The summed E-state index contributed by atoms with van der Waals surface area (Å²) in [5.41, 5.74) is 31.2. The molecule has 0 N–H and O–H groups in total. The van der Waals surface area contributed by atoms with Gasteiger partial charge in [-0.25, -0.2) is 0 Å². The van der Waals surface area contributed by atoms with Gasteiger partial charge in [-0.2, -0.15) is 0 Å². The summed E-state index contributed by atoms with van der Waals surface area (Å²) in [4.78, 5) is 0. The van der Waals surface area contributed by atoms with Gasteiger partial charge in [-0.3, -0.25) is 0 Å². The summed E-state index contributed by atoms with van der Waals surface area (Å²) in [5.74, 6) is 0. The molecule has 0 spiro atoms. The number of hydrogen-bond donors (Lipinski definition) is 0. The van der Waals surface area contributed by atoms with Crippen LogP contribution in [-0.4, -0.2) is 0 Å². The summed E-state index contributed by atoms with van der Waals surface area (Å²) in [6.07, 6.45) is 0. The van der Waals surface area contributed by atoms with Gasteiger partial charge in [0.2, 0.25) is 0 Å². The average Bonchev–Trinajstić information content (AvgIpc) is 1.62. The molecule has 0 aliphatic heterocycles. The minimum Gasteiger partial charge on any atom is -0.0622 e. The molecule has 86 heavy (non-hydrogen) atoms. The van der Waals surface area contributed by atoms with E-state index in [1.165, 1.54) is 106 Å². The van der Waals surface area contributed by atoms with Crippen LogP contribution in [0.3, 0.4) is 0 Å². The largest absolute Gasteiger partial charge is 0.0714 e. The lowest BCUT2D eigenvalue weighted by molar-refractivity contribution is 0.769. The van der Waals surface area contributed by atoms with Gasteiger partial charge in [0.25, 0.3) is 0 Å². The minimum atomic E-state index is -0.867. The Morgan fingerprint density at radius 2 is 0.465 bits per heavy atom. The molecule has 0 atom stereocenters. The van der Waals surface area contributed by atoms with Crippen LogP contribution in [0.1, 0.15) is 27.8 Å². The van der Waals surface area contributed by atoms with Crippen molar-refractivity contribution in [1.29, 1.82) is 0 Å². The Morgan fingerprint density at radius 3 is 0.849 bits per heavy atom. The van der Waals surface area contributed by atoms with E-state index in [0.29, 0.717) is 0 Å². The van der Waals surface area contributed by atoms with E-state index < -0.39 is 5.41 Å². The first kappa shape index (κ1) is 51.9. The molecule has 14 aromatic rings. The highest BCUT2D eigenvalue weighted by molar-refractivity contribution is 6.00. The zero-order valence-corrected chi connectivity index (χ0v) is 47.9. The van der Waals surface area contributed by atoms with Crippen molar-refractivity contribution < 1.29 is 0 Å². The van der Waals surface area contributed by atoms with E-state index in [-0.39, 0.29) is 0 Å². The van der Waals surface area contributed by atoms with E-state index in [2.05, 4.69) is 353 Å². The molecule has 0 heteroatoms. The summed E-state index contributed by atoms with van der Waals surface area (Å²) in [7, 11) is 0. The van der Waals surface area contributed by atoms with Gasteiger partial charge in [-0.1, -0.05) is 291 Å². The number of rotatable bonds is 12. The lowest BCUT2D eigenvalue weighted by Crippen LogP contribution is -2.29. The fourth-order valence-electron chi connectivity index (χ4n) is 13.5. The van der Waals surface area contributed by atoms with Crippen molar-refractivity contribution in [2.45, 2.75) is 12.3 Å². The van der Waals surface area contributed by atoms with Crippen LogP contribution in [0, 0.1) is 6.92 Å². The van der Waals surface area contributed by atoms with Gasteiger partial charge >= 0.3 is 0 Å². The van der Waals surface area contributed by atoms with Crippen molar-refractivity contribution in [1.82, 2.24) is 0 Å². The maximum absolute atomic E-state index is 2.52. The fourth-order valence-corrected chi connectivity index (χ4v) is 13.5. The predicted molar refractivity (Wildman–Crippen MR) is 363 cm³/mol. The summed E-state index contributed by atoms with van der Waals surface area (Å²) < 4.78 is 0. The van der Waals surface area contributed by atoms with Gasteiger partial charge in [-0.15, -0.1) is 0 Å². The Hall–Kier alpha value is -10.9. The van der Waals surface area contributed by atoms with Crippen LogP contribution in [-0.2, 0) is 5.41 Å². The molecule has 0 fully saturated rings. The number of benzene rings is 14. The first-order valence-corrected chi connectivity index (χ1v) is 29.9. The molecular formula is C86H60. The lowest BCUT2D eigenvalue weighted by Gasteiger charge is -2.36. The molecule has 0 radical (unpaired) electrons. The zero-order chi connectivity index (χ0) is 57.4. The Kier molecular flexibility index (Phi) is 13.5. The Morgan fingerprint density at radius 1 is 0.174 bits per heavy atom. The average molecular weight is 1090 g/mol. The standard InChI is InChI=1S/C86H60/c1-59-46-47-83-82(48-59)85-81(80-43-18-17-42-79(80)64-32-15-6-16-33-64)44-23-45-84(85)86(83,77-55-73(69-38-19-34-65(49-69)60-24-7-2-8-25-60)53-74(56-77)70-39-20-35-66(50-70)61-26-9-3-10-27-61)78-57-75(71-40-21-36-67(51-71)62-28-11-4-12-29-62)54-76(58-78)72-41-22-37-68(52-72)63-30-13-5-14-31-63/h2-58H,1H3. The molecule has 0 saturated heterocycles. The second-order valence-corrected chi connectivity index (χ2v) is 22.8. The number of aryl methyl sites for hydroxylation is 1. The molecular weight excluding hydrogens is 1030 g/mol. The zero-order valence-electron chi connectivity index (χ0n) is 47.9. The molecule has 0 nitrogen and oxygen atoms in total. The highest BCUT2D eigenvalue weighted by atomic mass is 14.5. The molecule has 14 aromatic carbocycles. The van der Waals surface area contributed by atoms with Crippen molar-refractivity contribution in [3.05, 3.63) is 374 Å². The van der Waals surface area contributed by atoms with E-state index in [1.54, 1.807) is 0 Å². The maximum atomic E-state index is 2.52. The van der Waals surface area contributed by atoms with E-state index in [4.69, 9.17) is 0 Å². The second kappa shape index (κ2) is 22.3. The van der Waals surface area contributed by atoms with E-state index in [1.807, 2.05) is 0 Å². The molecule has 0 bridgehead atoms. The Labute approximate surface area is 505 Å². The summed E-state index contributed by atoms with van der Waals surface area (Å²) >= 11 is 0. The van der Waals surface area contributed by atoms with Gasteiger partial charge in [0, 0.05) is 0 Å². The van der Waals surface area contributed by atoms with Crippen LogP contribution in [0.2, 0.25) is 0 Å². The number of hydrogen-bond acceptors (Lipinski definition) is 0. The van der Waals surface area contributed by atoms with Crippen molar-refractivity contribution in [2.75, 3.05) is 0 Å². The summed E-state index contributed by atoms with van der Waals surface area (Å²) in [6.45, 7) is 2.25. The first-order valence-electron chi connectivity index (χ1n) is 29.9. The summed E-state index contributed by atoms with van der Waals surface area (Å²) in [5, 5.41) is 0. The van der Waals surface area contributed by atoms with Crippen LogP contribution in [0.25, 0.3) is 122 Å². The van der Waals surface area contributed by atoms with Gasteiger partial charge in [0.05, 0.1) is 5.41 Å². The molecule has 404 valence electrons. The van der Waals surface area contributed by atoms with Crippen LogP contribution in [0.15, 0.2) is 346 Å². The highest BCUT2D eigenvalue weighted by Crippen LogP contribution is 2.60. The van der Waals surface area contributed by atoms with Crippen molar-refractivity contribution in [2.24, 2.45) is 0 Å². The molecule has 15 rings (SSSR count). The quantitative estimate of drug-likeness (QED) is 0.114. The van der Waals surface area contributed by atoms with Crippen molar-refractivity contribution >= 4 is 0 Å². The molecule has 1 aliphatic carbocycles. The van der Waals surface area contributed by atoms with E-state index >= 15 is 0 Å². The van der Waals surface area contributed by atoms with Gasteiger partial charge < -0.3 is 0 Å². The molecule has 0 aromatic heterocycles. The predicted octanol–water partition coefficient (Wildman–Crippen LogP) is 23.0. The van der Waals surface area contributed by atoms with E-state index in [0.717, 1.165) is 44.5 Å². The van der Waals surface area contributed by atoms with Gasteiger partial charge in [-0.05, 0) is 212 Å². The molecule has 0 unspecified atom stereocenters. The fraction of sp³-hybridized carbons (Fsp3) is 0.0233. The van der Waals surface area contributed by atoms with E-state index in [9.17, 15) is 0 Å². The SMILES string of the molecule is Cc1ccc2c(c1)-c1c(-c3ccccc3-c3ccccc3)cccc1C2(c1cc(-c2cccc(-c3ccccc3)c2)cc(-c2cccc(-c3ccccc3)c2)c1)c1cc(-c2cccc(-c3ccccc3)c2)cc(-c2cccc(-c3ccccc3)c2)c1. The third-order valence-electron chi connectivity index (χ3n) is 17.6. The van der Waals surface area contributed by atoms with Crippen LogP contribution >= 0.6 is 0 Å². The third-order valence-corrected chi connectivity index (χ3v) is 17.6. The number of fused-ring (bicyclic) bond motifs is 3. The lowest BCUT2D eigenvalue weighted by atomic mass is 9.65. The second-order valence-electron chi connectivity index (χ2n) is 22.8. The van der Waals surface area contributed by atoms with Crippen LogP contribution in [0.5, 0.6) is 0 Å². The van der Waals surface area contributed by atoms with Crippen LogP contribution in [0.4, 0.5) is 0 Å². The van der Waals surface area contributed by atoms with Gasteiger partial charge in [0.1, 0.15) is 0 Å². The van der Waals surface area contributed by atoms with Crippen molar-refractivity contribution in [3.8, 4) is 122 Å². The van der Waals surface area contributed by atoms with Crippen molar-refractivity contribution in [3.63, 3.8) is 0 Å². The maximum Gasteiger partial charge on any atom is 0.0714 e. The monoisotopic (exact) mass is 1090 g/mol. The van der Waals surface area contributed by atoms with Gasteiger partial charge in [0.15, 0.2) is 0 Å². The Balaban J connectivity index is 1.08. The normalized spacial score (nSPS) is 12.1. The molecule has 1 aliphatic rings. The first-order chi connectivity index (χ1) is 42.5. The molecule has 0 saturated carbocycles. The topological polar surface area (TPSA) is 0 Å². The smallest absolute Gasteiger partial charge is 0.0622 e. The molecule has 0 amide bonds. The third kappa shape index (κ3) is 9.58. The highest BCUT2D eigenvalue weighted by Gasteiger charge is 2.48. The molecule has 0 heterocycles. The Bertz CT molecular complexity index is 4370. The minimum absolute atomic E-state index is 0.867.